The van der Waals surface area contributed by atoms with Crippen molar-refractivity contribution in [3.05, 3.63) is 23.0 Å². The van der Waals surface area contributed by atoms with E-state index in [0.717, 1.165) is 31.4 Å². The van der Waals surface area contributed by atoms with Gasteiger partial charge in [0.1, 0.15) is 0 Å². The molecule has 2 heterocycles. The number of Topliss-reactive ketones (excluding diaryl/α,β-unsaturated/α-hetero) is 1. The van der Waals surface area contributed by atoms with Crippen molar-refractivity contribution in [2.45, 2.75) is 58.0 Å². The minimum Gasteiger partial charge on any atom is -0.345 e. The summed E-state index contributed by atoms with van der Waals surface area (Å²) in [6, 6.07) is 3.34. The molecule has 0 N–H and O–H groups in total. The molecule has 1 aromatic rings. The van der Waals surface area contributed by atoms with Crippen molar-refractivity contribution in [3.63, 3.8) is 0 Å². The van der Waals surface area contributed by atoms with Crippen LogP contribution in [0.2, 0.25) is 0 Å². The maximum absolute atomic E-state index is 12.0. The monoisotopic (exact) mass is 260 g/mol. The molecule has 3 heteroatoms. The Bertz CT molecular complexity index is 503. The molecule has 3 nitrogen and oxygen atoms in total. The Kier molecular flexibility index (Phi) is 3.25. The number of hydrogen-bond donors (Lipinski definition) is 0. The molecular formula is C16H24N2O. The van der Waals surface area contributed by atoms with Crippen molar-refractivity contribution < 1.29 is 4.79 Å². The van der Waals surface area contributed by atoms with Crippen LogP contribution in [-0.4, -0.2) is 34.9 Å². The number of likely N-dealkylation sites (tertiary alicyclic amines) is 1. The fourth-order valence-corrected chi connectivity index (χ4v) is 3.76. The molecule has 3 rings (SSSR count). The van der Waals surface area contributed by atoms with Crippen molar-refractivity contribution in [1.29, 1.82) is 0 Å². The summed E-state index contributed by atoms with van der Waals surface area (Å²) in [4.78, 5) is 14.5. The average molecular weight is 260 g/mol. The lowest BCUT2D eigenvalue weighted by atomic mass is 9.94. The van der Waals surface area contributed by atoms with Gasteiger partial charge in [-0.1, -0.05) is 0 Å². The standard InChI is InChI=1S/C16H24N2O/c1-11-9-13(7-8-17(11)3)18-12(2)10-14-15(18)5-4-6-16(14)19/h10-11,13H,4-9H2,1-3H3. The summed E-state index contributed by atoms with van der Waals surface area (Å²) in [6.45, 7) is 5.63. The molecule has 1 aliphatic heterocycles. The van der Waals surface area contributed by atoms with Crippen molar-refractivity contribution >= 4 is 5.78 Å². The molecule has 1 fully saturated rings. The Morgan fingerprint density at radius 1 is 1.32 bits per heavy atom. The maximum atomic E-state index is 12.0. The van der Waals surface area contributed by atoms with E-state index in [9.17, 15) is 4.79 Å². The highest BCUT2D eigenvalue weighted by Gasteiger charge is 2.29. The molecule has 2 atom stereocenters. The van der Waals surface area contributed by atoms with Crippen LogP contribution >= 0.6 is 0 Å². The van der Waals surface area contributed by atoms with Crippen molar-refractivity contribution in [2.24, 2.45) is 0 Å². The fourth-order valence-electron chi connectivity index (χ4n) is 3.76. The summed E-state index contributed by atoms with van der Waals surface area (Å²) in [6.07, 6.45) is 5.25. The summed E-state index contributed by atoms with van der Waals surface area (Å²) in [5, 5.41) is 0. The van der Waals surface area contributed by atoms with Crippen LogP contribution in [0.25, 0.3) is 0 Å². The Labute approximate surface area is 115 Å². The first-order valence-electron chi connectivity index (χ1n) is 7.52. The molecule has 0 aromatic carbocycles. The molecule has 104 valence electrons. The summed E-state index contributed by atoms with van der Waals surface area (Å²) >= 11 is 0. The highest BCUT2D eigenvalue weighted by atomic mass is 16.1. The van der Waals surface area contributed by atoms with Crippen molar-refractivity contribution in [3.8, 4) is 0 Å². The van der Waals surface area contributed by atoms with Crippen LogP contribution in [-0.2, 0) is 6.42 Å². The van der Waals surface area contributed by atoms with Crippen LogP contribution in [0.15, 0.2) is 6.07 Å². The Balaban J connectivity index is 1.95. The van der Waals surface area contributed by atoms with E-state index in [1.54, 1.807) is 0 Å². The average Bonchev–Trinajstić information content (AvgIpc) is 2.71. The van der Waals surface area contributed by atoms with Gasteiger partial charge >= 0.3 is 0 Å². The zero-order valence-corrected chi connectivity index (χ0v) is 12.3. The Hall–Kier alpha value is -1.09. The molecule has 0 amide bonds. The number of hydrogen-bond acceptors (Lipinski definition) is 2. The maximum Gasteiger partial charge on any atom is 0.164 e. The SMILES string of the molecule is Cc1cc2c(n1C1CCN(C)C(C)C1)CCCC2=O. The zero-order chi connectivity index (χ0) is 13.6. The molecule has 1 saturated heterocycles. The third-order valence-corrected chi connectivity index (χ3v) is 5.00. The first-order valence-corrected chi connectivity index (χ1v) is 7.52. The molecular weight excluding hydrogens is 236 g/mol. The summed E-state index contributed by atoms with van der Waals surface area (Å²) in [5.74, 6) is 0.351. The summed E-state index contributed by atoms with van der Waals surface area (Å²) in [5.41, 5.74) is 3.60. The normalized spacial score (nSPS) is 28.5. The lowest BCUT2D eigenvalue weighted by Crippen LogP contribution is -2.39. The Morgan fingerprint density at radius 3 is 2.84 bits per heavy atom. The number of ketones is 1. The summed E-state index contributed by atoms with van der Waals surface area (Å²) in [7, 11) is 2.21. The first kappa shape index (κ1) is 12.9. The van der Waals surface area contributed by atoms with E-state index in [1.165, 1.54) is 24.2 Å². The number of aromatic nitrogens is 1. The highest BCUT2D eigenvalue weighted by molar-refractivity contribution is 5.98. The lowest BCUT2D eigenvalue weighted by molar-refractivity contribution is 0.0970. The van der Waals surface area contributed by atoms with Gasteiger partial charge in [-0.15, -0.1) is 0 Å². The van der Waals surface area contributed by atoms with Gasteiger partial charge in [-0.3, -0.25) is 4.79 Å². The fraction of sp³-hybridized carbons (Fsp3) is 0.688. The van der Waals surface area contributed by atoms with Crippen LogP contribution in [0.5, 0.6) is 0 Å². The van der Waals surface area contributed by atoms with Crippen LogP contribution in [0.1, 0.15) is 60.4 Å². The third-order valence-electron chi connectivity index (χ3n) is 5.00. The van der Waals surface area contributed by atoms with E-state index in [0.29, 0.717) is 17.9 Å². The highest BCUT2D eigenvalue weighted by Crippen LogP contribution is 2.33. The van der Waals surface area contributed by atoms with Gasteiger partial charge in [0.05, 0.1) is 0 Å². The second-order valence-corrected chi connectivity index (χ2v) is 6.30. The molecule has 2 aliphatic rings. The van der Waals surface area contributed by atoms with Crippen molar-refractivity contribution in [1.82, 2.24) is 9.47 Å². The van der Waals surface area contributed by atoms with Crippen molar-refractivity contribution in [2.75, 3.05) is 13.6 Å². The molecule has 0 saturated carbocycles. The largest absolute Gasteiger partial charge is 0.345 e. The zero-order valence-electron chi connectivity index (χ0n) is 12.3. The Morgan fingerprint density at radius 2 is 2.11 bits per heavy atom. The van der Waals surface area contributed by atoms with E-state index in [-0.39, 0.29) is 0 Å². The smallest absolute Gasteiger partial charge is 0.164 e. The van der Waals surface area contributed by atoms with Gasteiger partial charge in [0.2, 0.25) is 0 Å². The predicted molar refractivity (Wildman–Crippen MR) is 76.8 cm³/mol. The number of fused-ring (bicyclic) bond motifs is 1. The van der Waals surface area contributed by atoms with E-state index >= 15 is 0 Å². The molecule has 19 heavy (non-hydrogen) atoms. The minimum absolute atomic E-state index is 0.351. The van der Waals surface area contributed by atoms with Gasteiger partial charge in [0.15, 0.2) is 5.78 Å². The molecule has 2 unspecified atom stereocenters. The summed E-state index contributed by atoms with van der Waals surface area (Å²) < 4.78 is 2.48. The van der Waals surface area contributed by atoms with Gasteiger partial charge in [0.25, 0.3) is 0 Å². The van der Waals surface area contributed by atoms with Crippen LogP contribution in [0.4, 0.5) is 0 Å². The van der Waals surface area contributed by atoms with Gasteiger partial charge in [-0.2, -0.15) is 0 Å². The predicted octanol–water partition coefficient (Wildman–Crippen LogP) is 2.97. The number of carbonyl (C=O) groups is 1. The number of nitrogens with zero attached hydrogens (tertiary/aromatic N) is 2. The van der Waals surface area contributed by atoms with Crippen LogP contribution < -0.4 is 0 Å². The second-order valence-electron chi connectivity index (χ2n) is 6.30. The lowest BCUT2D eigenvalue weighted by Gasteiger charge is -2.37. The number of piperidine rings is 1. The number of aryl methyl sites for hydroxylation is 1. The molecule has 1 aliphatic carbocycles. The van der Waals surface area contributed by atoms with Crippen LogP contribution in [0, 0.1) is 6.92 Å². The van der Waals surface area contributed by atoms with E-state index < -0.39 is 0 Å². The quantitative estimate of drug-likeness (QED) is 0.775. The first-order chi connectivity index (χ1) is 9.08. The van der Waals surface area contributed by atoms with E-state index in [2.05, 4.69) is 36.4 Å². The number of rotatable bonds is 1. The molecule has 0 radical (unpaired) electrons. The van der Waals surface area contributed by atoms with Crippen LogP contribution in [0.3, 0.4) is 0 Å². The second kappa shape index (κ2) is 4.78. The van der Waals surface area contributed by atoms with E-state index in [4.69, 9.17) is 0 Å². The van der Waals surface area contributed by atoms with Gasteiger partial charge in [-0.25, -0.2) is 0 Å². The topological polar surface area (TPSA) is 25.2 Å². The van der Waals surface area contributed by atoms with Gasteiger partial charge < -0.3 is 9.47 Å². The number of carbonyl (C=O) groups excluding carboxylic acids is 1. The minimum atomic E-state index is 0.351. The van der Waals surface area contributed by atoms with E-state index in [1.807, 2.05) is 0 Å². The van der Waals surface area contributed by atoms with Gasteiger partial charge in [0, 0.05) is 42.0 Å². The van der Waals surface area contributed by atoms with Gasteiger partial charge in [-0.05, 0) is 52.6 Å². The molecule has 0 bridgehead atoms. The molecule has 1 aromatic heterocycles. The molecule has 0 spiro atoms. The third kappa shape index (κ3) is 2.14.